The van der Waals surface area contributed by atoms with E-state index in [2.05, 4.69) is 4.98 Å². The van der Waals surface area contributed by atoms with Crippen LogP contribution in [0.15, 0.2) is 36.4 Å². The van der Waals surface area contributed by atoms with E-state index in [1.807, 2.05) is 36.4 Å². The van der Waals surface area contributed by atoms with Crippen LogP contribution < -0.4 is 0 Å². The predicted molar refractivity (Wildman–Crippen MR) is 68.2 cm³/mol. The third-order valence-corrected chi connectivity index (χ3v) is 2.75. The van der Waals surface area contributed by atoms with Crippen molar-refractivity contribution in [3.63, 3.8) is 0 Å². The van der Waals surface area contributed by atoms with Gasteiger partial charge in [0.05, 0.1) is 18.0 Å². The SMILES string of the molecule is CC(=O)OC[C@@H](CO)c1ccc2ccccc2n1. The van der Waals surface area contributed by atoms with Crippen molar-refractivity contribution in [3.8, 4) is 0 Å². The predicted octanol–water partition coefficient (Wildman–Crippen LogP) is 1.87. The van der Waals surface area contributed by atoms with Crippen molar-refractivity contribution in [2.24, 2.45) is 0 Å². The molecule has 0 amide bonds. The van der Waals surface area contributed by atoms with Crippen LogP contribution in [0.2, 0.25) is 0 Å². The maximum absolute atomic E-state index is 10.8. The highest BCUT2D eigenvalue weighted by Crippen LogP contribution is 2.18. The van der Waals surface area contributed by atoms with Crippen molar-refractivity contribution in [2.45, 2.75) is 12.8 Å². The second-order valence-corrected chi connectivity index (χ2v) is 4.11. The van der Waals surface area contributed by atoms with Crippen LogP contribution in [0.5, 0.6) is 0 Å². The normalized spacial score (nSPS) is 12.3. The summed E-state index contributed by atoms with van der Waals surface area (Å²) in [5, 5.41) is 10.4. The van der Waals surface area contributed by atoms with Crippen LogP contribution in [0.25, 0.3) is 10.9 Å². The molecule has 2 rings (SSSR count). The second-order valence-electron chi connectivity index (χ2n) is 4.11. The van der Waals surface area contributed by atoms with E-state index in [9.17, 15) is 9.90 Å². The molecule has 18 heavy (non-hydrogen) atoms. The summed E-state index contributed by atoms with van der Waals surface area (Å²) in [5.74, 6) is -0.632. The Morgan fingerprint density at radius 2 is 2.11 bits per heavy atom. The number of para-hydroxylation sites is 1. The minimum atomic E-state index is -0.353. The number of hydrogen-bond acceptors (Lipinski definition) is 4. The van der Waals surface area contributed by atoms with Gasteiger partial charge in [-0.1, -0.05) is 24.3 Å². The molecule has 0 fully saturated rings. The Morgan fingerprint density at radius 3 is 2.83 bits per heavy atom. The number of hydrogen-bond donors (Lipinski definition) is 1. The number of aliphatic hydroxyl groups is 1. The fourth-order valence-electron chi connectivity index (χ4n) is 1.76. The molecule has 0 spiro atoms. The zero-order valence-corrected chi connectivity index (χ0v) is 10.2. The minimum Gasteiger partial charge on any atom is -0.465 e. The highest BCUT2D eigenvalue weighted by atomic mass is 16.5. The molecule has 0 aliphatic heterocycles. The molecule has 1 heterocycles. The van der Waals surface area contributed by atoms with Gasteiger partial charge in [-0.25, -0.2) is 0 Å². The van der Waals surface area contributed by atoms with Crippen molar-refractivity contribution in [1.82, 2.24) is 4.98 Å². The Balaban J connectivity index is 2.24. The van der Waals surface area contributed by atoms with Crippen LogP contribution in [0.3, 0.4) is 0 Å². The van der Waals surface area contributed by atoms with Gasteiger partial charge in [0.25, 0.3) is 0 Å². The number of benzene rings is 1. The van der Waals surface area contributed by atoms with Crippen molar-refractivity contribution in [3.05, 3.63) is 42.1 Å². The van der Waals surface area contributed by atoms with Crippen molar-refractivity contribution < 1.29 is 14.6 Å². The number of esters is 1. The fraction of sp³-hybridized carbons (Fsp3) is 0.286. The maximum Gasteiger partial charge on any atom is 0.302 e. The highest BCUT2D eigenvalue weighted by molar-refractivity contribution is 5.78. The first-order chi connectivity index (χ1) is 8.70. The summed E-state index contributed by atoms with van der Waals surface area (Å²) in [6.45, 7) is 1.40. The molecule has 1 aromatic carbocycles. The molecule has 0 aliphatic carbocycles. The standard InChI is InChI=1S/C14H15NO3/c1-10(17)18-9-12(8-16)14-7-6-11-4-2-3-5-13(11)15-14/h2-7,12,16H,8-9H2,1H3/t12-/m1/s1. The number of ether oxygens (including phenoxy) is 1. The number of aliphatic hydroxyl groups excluding tert-OH is 1. The first-order valence-corrected chi connectivity index (χ1v) is 5.80. The molecule has 1 atom stereocenters. The Hall–Kier alpha value is -1.94. The topological polar surface area (TPSA) is 59.4 Å². The first kappa shape index (κ1) is 12.5. The third kappa shape index (κ3) is 2.84. The van der Waals surface area contributed by atoms with Gasteiger partial charge in [0.2, 0.25) is 0 Å². The van der Waals surface area contributed by atoms with Gasteiger partial charge in [0.1, 0.15) is 6.61 Å². The number of carbonyl (C=O) groups excluding carboxylic acids is 1. The number of carbonyl (C=O) groups is 1. The summed E-state index contributed by atoms with van der Waals surface area (Å²) in [5.41, 5.74) is 1.61. The average molecular weight is 245 g/mol. The molecule has 0 aliphatic rings. The van der Waals surface area contributed by atoms with Crippen molar-refractivity contribution in [2.75, 3.05) is 13.2 Å². The Labute approximate surface area is 105 Å². The Kier molecular flexibility index (Phi) is 3.89. The Bertz CT molecular complexity index is 553. The van der Waals surface area contributed by atoms with Crippen LogP contribution in [-0.4, -0.2) is 29.3 Å². The van der Waals surface area contributed by atoms with Gasteiger partial charge in [-0.2, -0.15) is 0 Å². The van der Waals surface area contributed by atoms with E-state index >= 15 is 0 Å². The average Bonchev–Trinajstić information content (AvgIpc) is 2.39. The highest BCUT2D eigenvalue weighted by Gasteiger charge is 2.14. The molecule has 0 saturated carbocycles. The lowest BCUT2D eigenvalue weighted by Gasteiger charge is -2.13. The maximum atomic E-state index is 10.8. The summed E-state index contributed by atoms with van der Waals surface area (Å²) >= 11 is 0. The molecule has 0 bridgehead atoms. The summed E-state index contributed by atoms with van der Waals surface area (Å²) in [6, 6.07) is 11.6. The van der Waals surface area contributed by atoms with E-state index in [4.69, 9.17) is 4.74 Å². The van der Waals surface area contributed by atoms with E-state index in [1.165, 1.54) is 6.92 Å². The van der Waals surface area contributed by atoms with Crippen LogP contribution in [-0.2, 0) is 9.53 Å². The smallest absolute Gasteiger partial charge is 0.302 e. The molecule has 1 aromatic heterocycles. The fourth-order valence-corrected chi connectivity index (χ4v) is 1.76. The zero-order valence-electron chi connectivity index (χ0n) is 10.2. The van der Waals surface area contributed by atoms with Crippen LogP contribution in [0.4, 0.5) is 0 Å². The minimum absolute atomic E-state index is 0.0986. The van der Waals surface area contributed by atoms with E-state index in [0.717, 1.165) is 16.6 Å². The monoisotopic (exact) mass is 245 g/mol. The summed E-state index contributed by atoms with van der Waals surface area (Å²) in [4.78, 5) is 15.3. The lowest BCUT2D eigenvalue weighted by molar-refractivity contribution is -0.141. The number of pyridine rings is 1. The largest absolute Gasteiger partial charge is 0.465 e. The second kappa shape index (κ2) is 5.60. The molecule has 1 N–H and O–H groups in total. The van der Waals surface area contributed by atoms with E-state index in [-0.39, 0.29) is 25.1 Å². The lowest BCUT2D eigenvalue weighted by atomic mass is 10.1. The quantitative estimate of drug-likeness (QED) is 0.835. The Morgan fingerprint density at radius 1 is 1.33 bits per heavy atom. The van der Waals surface area contributed by atoms with Gasteiger partial charge in [-0.3, -0.25) is 9.78 Å². The summed E-state index contributed by atoms with van der Waals surface area (Å²) in [6.07, 6.45) is 0. The summed E-state index contributed by atoms with van der Waals surface area (Å²) in [7, 11) is 0. The van der Waals surface area contributed by atoms with Crippen LogP contribution in [0.1, 0.15) is 18.5 Å². The molecule has 0 saturated heterocycles. The first-order valence-electron chi connectivity index (χ1n) is 5.80. The lowest BCUT2D eigenvalue weighted by Crippen LogP contribution is -2.15. The summed E-state index contributed by atoms with van der Waals surface area (Å²) < 4.78 is 4.92. The molecule has 94 valence electrons. The third-order valence-electron chi connectivity index (χ3n) is 2.75. The molecule has 0 radical (unpaired) electrons. The van der Waals surface area contributed by atoms with Gasteiger partial charge in [0.15, 0.2) is 0 Å². The molecule has 4 nitrogen and oxygen atoms in total. The number of rotatable bonds is 4. The van der Waals surface area contributed by atoms with Crippen molar-refractivity contribution in [1.29, 1.82) is 0 Å². The van der Waals surface area contributed by atoms with Crippen LogP contribution in [0, 0.1) is 0 Å². The molecule has 4 heteroatoms. The molecule has 0 unspecified atom stereocenters. The molecular formula is C14H15NO3. The van der Waals surface area contributed by atoms with Gasteiger partial charge in [0, 0.05) is 18.0 Å². The van der Waals surface area contributed by atoms with Crippen molar-refractivity contribution >= 4 is 16.9 Å². The van der Waals surface area contributed by atoms with E-state index in [0.29, 0.717) is 0 Å². The number of nitrogens with zero attached hydrogens (tertiary/aromatic N) is 1. The zero-order chi connectivity index (χ0) is 13.0. The van der Waals surface area contributed by atoms with E-state index in [1.54, 1.807) is 0 Å². The number of aromatic nitrogens is 1. The van der Waals surface area contributed by atoms with Crippen LogP contribution >= 0.6 is 0 Å². The van der Waals surface area contributed by atoms with E-state index < -0.39 is 0 Å². The molecular weight excluding hydrogens is 230 g/mol. The number of fused-ring (bicyclic) bond motifs is 1. The van der Waals surface area contributed by atoms with Gasteiger partial charge < -0.3 is 9.84 Å². The van der Waals surface area contributed by atoms with Gasteiger partial charge >= 0.3 is 5.97 Å². The molecule has 2 aromatic rings. The van der Waals surface area contributed by atoms with Gasteiger partial charge in [-0.15, -0.1) is 0 Å². The van der Waals surface area contributed by atoms with Gasteiger partial charge in [-0.05, 0) is 12.1 Å².